The van der Waals surface area contributed by atoms with Crippen molar-refractivity contribution < 1.29 is 21.3 Å². The Bertz CT molecular complexity index is 1740. The second-order valence-corrected chi connectivity index (χ2v) is 22.5. The van der Waals surface area contributed by atoms with Gasteiger partial charge in [-0.2, -0.15) is 0 Å². The molecule has 6 rings (SSSR count). The van der Waals surface area contributed by atoms with Gasteiger partial charge in [0.05, 0.1) is 0 Å². The molecular weight excluding hydrogens is 727 g/mol. The van der Waals surface area contributed by atoms with Crippen molar-refractivity contribution >= 4 is 28.0 Å². The number of hydrogen-bond donors (Lipinski definition) is 0. The fraction of sp³-hybridized carbons (Fsp3) is 0.383. The molecule has 0 heterocycles. The van der Waals surface area contributed by atoms with Crippen LogP contribution in [0.1, 0.15) is 136 Å². The molecule has 4 aromatic carbocycles. The zero-order valence-electron chi connectivity index (χ0n) is 31.7. The van der Waals surface area contributed by atoms with Crippen LogP contribution in [0.5, 0.6) is 0 Å². The second-order valence-electron chi connectivity index (χ2n) is 16.3. The smallest absolute Gasteiger partial charge is 0.147 e. The second kappa shape index (κ2) is 17.0. The van der Waals surface area contributed by atoms with Crippen LogP contribution in [0, 0.1) is 0 Å². The minimum Gasteiger partial charge on any atom is -0.147 e. The summed E-state index contributed by atoms with van der Waals surface area (Å²) in [5.74, 6) is 0. The van der Waals surface area contributed by atoms with Crippen LogP contribution in [0.4, 0.5) is 0 Å². The van der Waals surface area contributed by atoms with Crippen LogP contribution in [0.2, 0.25) is 0 Å². The summed E-state index contributed by atoms with van der Waals surface area (Å²) in [7, 11) is 0. The van der Waals surface area contributed by atoms with E-state index in [1.54, 1.807) is 17.6 Å². The Morgan fingerprint density at radius 1 is 0.620 bits per heavy atom. The molecule has 2 aliphatic rings. The molecule has 0 spiro atoms. The summed E-state index contributed by atoms with van der Waals surface area (Å²) in [6, 6.07) is 34.5. The van der Waals surface area contributed by atoms with Gasteiger partial charge >= 0.3 is 301 Å². The number of allylic oxidation sites excluding steroid dienone is 4. The molecule has 2 aliphatic carbocycles. The van der Waals surface area contributed by atoms with Gasteiger partial charge in [-0.1, -0.05) is 0 Å². The molecule has 0 N–H and O–H groups in total. The summed E-state index contributed by atoms with van der Waals surface area (Å²) in [5, 5.41) is 0. The normalized spacial score (nSPS) is 13.6. The maximum absolute atomic E-state index is 2.76. The summed E-state index contributed by atoms with van der Waals surface area (Å²) in [5.41, 5.74) is 14.9. The van der Waals surface area contributed by atoms with Crippen molar-refractivity contribution in [3.63, 3.8) is 0 Å². The number of halogens is 2. The van der Waals surface area contributed by atoms with Gasteiger partial charge in [-0.3, -0.25) is 0 Å². The molecule has 264 valence electrons. The first kappa shape index (κ1) is 40.5. The van der Waals surface area contributed by atoms with Crippen LogP contribution in [0.3, 0.4) is 0 Å². The predicted octanol–water partition coefficient (Wildman–Crippen LogP) is 13.6. The van der Waals surface area contributed by atoms with Gasteiger partial charge in [0.25, 0.3) is 0 Å². The Balaban J connectivity index is 0.00000281. The van der Waals surface area contributed by atoms with Crippen molar-refractivity contribution in [3.05, 3.63) is 151 Å². The monoisotopic (exact) mass is 782 g/mol. The quantitative estimate of drug-likeness (QED) is 0.150. The van der Waals surface area contributed by atoms with Gasteiger partial charge < -0.3 is 0 Å². The van der Waals surface area contributed by atoms with E-state index >= 15 is 0 Å². The predicted molar refractivity (Wildman–Crippen MR) is 221 cm³/mol. The van der Waals surface area contributed by atoms with E-state index in [2.05, 4.69) is 159 Å². The molecule has 0 bridgehead atoms. The van der Waals surface area contributed by atoms with Gasteiger partial charge in [-0.05, 0) is 0 Å². The molecule has 0 aromatic heterocycles. The topological polar surface area (TPSA) is 0 Å². The molecule has 3 heteroatoms. The molecule has 0 fully saturated rings. The fourth-order valence-corrected chi connectivity index (χ4v) is 16.5. The van der Waals surface area contributed by atoms with E-state index in [0.29, 0.717) is 3.63 Å². The summed E-state index contributed by atoms with van der Waals surface area (Å²) in [4.78, 5) is 0. The van der Waals surface area contributed by atoms with Gasteiger partial charge in [0.2, 0.25) is 0 Å². The first-order valence-electron chi connectivity index (χ1n) is 18.6. The number of benzene rings is 4. The van der Waals surface area contributed by atoms with Crippen LogP contribution < -0.4 is 0 Å². The van der Waals surface area contributed by atoms with E-state index in [4.69, 9.17) is 0 Å². The molecule has 0 aliphatic heterocycles. The average Bonchev–Trinajstić information content (AvgIpc) is 3.71. The summed E-state index contributed by atoms with van der Waals surface area (Å²) in [6.45, 7) is 18.8. The van der Waals surface area contributed by atoms with Gasteiger partial charge in [-0.15, -0.1) is 24.8 Å². The van der Waals surface area contributed by atoms with E-state index in [9.17, 15) is 0 Å². The molecule has 0 saturated carbocycles. The fourth-order valence-electron chi connectivity index (χ4n) is 7.56. The van der Waals surface area contributed by atoms with Crippen molar-refractivity contribution in [1.29, 1.82) is 0 Å². The molecule has 0 amide bonds. The van der Waals surface area contributed by atoms with Crippen molar-refractivity contribution in [2.45, 2.75) is 115 Å². The average molecular weight is 785 g/mol. The molecule has 0 saturated heterocycles. The molecule has 4 aromatic rings. The largest absolute Gasteiger partial charge is 0.147 e. The molecule has 0 nitrogen and oxygen atoms in total. The number of fused-ring (bicyclic) bond motifs is 3. The van der Waals surface area contributed by atoms with Crippen molar-refractivity contribution in [3.8, 4) is 11.1 Å². The van der Waals surface area contributed by atoms with E-state index < -0.39 is 21.3 Å². The van der Waals surface area contributed by atoms with Crippen LogP contribution >= 0.6 is 24.8 Å². The number of rotatable bonds is 10. The van der Waals surface area contributed by atoms with E-state index in [-0.39, 0.29) is 35.6 Å². The van der Waals surface area contributed by atoms with E-state index in [0.717, 1.165) is 19.3 Å². The summed E-state index contributed by atoms with van der Waals surface area (Å²) < 4.78 is 3.79. The molecular formula is C47H58Cl2Zr. The van der Waals surface area contributed by atoms with Crippen LogP contribution in [-0.4, -0.2) is 3.21 Å². The summed E-state index contributed by atoms with van der Waals surface area (Å²) in [6.07, 6.45) is 15.6. The summed E-state index contributed by atoms with van der Waals surface area (Å²) >= 11 is -2.76. The first-order chi connectivity index (χ1) is 23.0. The number of unbranched alkanes of at least 4 members (excludes halogenated alkanes) is 2. The van der Waals surface area contributed by atoms with Crippen molar-refractivity contribution in [1.82, 2.24) is 0 Å². The first-order valence-corrected chi connectivity index (χ1v) is 22.5. The zero-order valence-corrected chi connectivity index (χ0v) is 35.7. The minimum atomic E-state index is -2.76. The number of aryl methyl sites for hydroxylation is 2. The van der Waals surface area contributed by atoms with Gasteiger partial charge in [0.15, 0.2) is 0 Å². The Morgan fingerprint density at radius 2 is 1.06 bits per heavy atom. The molecule has 0 atom stereocenters. The van der Waals surface area contributed by atoms with E-state index in [1.807, 2.05) is 0 Å². The Morgan fingerprint density at radius 3 is 1.42 bits per heavy atom. The van der Waals surface area contributed by atoms with E-state index in [1.165, 1.54) is 70.2 Å². The molecule has 0 radical (unpaired) electrons. The number of hydrogen-bond acceptors (Lipinski definition) is 0. The van der Waals surface area contributed by atoms with Gasteiger partial charge in [0.1, 0.15) is 0 Å². The van der Waals surface area contributed by atoms with Crippen LogP contribution in [0.15, 0.2) is 106 Å². The van der Waals surface area contributed by atoms with Gasteiger partial charge in [0, 0.05) is 0 Å². The third-order valence-corrected chi connectivity index (χ3v) is 18.8. The Labute approximate surface area is 323 Å². The maximum Gasteiger partial charge on any atom is -0.147 e. The third-order valence-electron chi connectivity index (χ3n) is 10.5. The Kier molecular flexibility index (Phi) is 13.8. The van der Waals surface area contributed by atoms with Crippen LogP contribution in [-0.2, 0) is 44.9 Å². The molecule has 0 unspecified atom stereocenters. The molecule has 50 heavy (non-hydrogen) atoms. The van der Waals surface area contributed by atoms with Crippen LogP contribution in [0.25, 0.3) is 11.1 Å². The third kappa shape index (κ3) is 8.65. The van der Waals surface area contributed by atoms with Crippen molar-refractivity contribution in [2.24, 2.45) is 0 Å². The van der Waals surface area contributed by atoms with Gasteiger partial charge in [-0.25, -0.2) is 0 Å². The maximum atomic E-state index is 2.61. The standard InChI is InChI=1S/C21H25.C21H26.C5H5.2ClH.Zr/c1-20(2,3)16-7-9-18-14(12-16)11-15-13-17(21(4,5)6)8-10-19(15)18;1-3-5-7-18-9-13-20(14-10-18)17-21-15-11-19(12-16-21)8-6-4-2;1-2-4-5-3-1;;;/h7-13H,1-6H3;9-16H,3-8H2,1-2H3;1-3H,4H2;2*1H;. The zero-order chi connectivity index (χ0) is 34.1. The Hall–Kier alpha value is -2.31. The SMILES string of the molecule is CCCCc1ccc([C](c2ccc(CCCC)cc2)=[Zr]([C]2=CC=CC2)[CH]2c3cc(C(C)(C)C)ccc3-c3ccc(C(C)(C)C)cc32)cc1.Cl.Cl. The minimum absolute atomic E-state index is 0. The van der Waals surface area contributed by atoms with Crippen molar-refractivity contribution in [2.75, 3.05) is 0 Å².